The molecular formula is C12H15ClN2O. The summed E-state index contributed by atoms with van der Waals surface area (Å²) in [5, 5.41) is 3.82. The zero-order chi connectivity index (χ0) is 11.5. The van der Waals surface area contributed by atoms with E-state index in [0.29, 0.717) is 11.6 Å². The van der Waals surface area contributed by atoms with E-state index < -0.39 is 0 Å². The number of halogens is 1. The van der Waals surface area contributed by atoms with Crippen molar-refractivity contribution in [3.8, 4) is 0 Å². The second-order valence-electron chi connectivity index (χ2n) is 4.14. The molecule has 1 saturated heterocycles. The summed E-state index contributed by atoms with van der Waals surface area (Å²) in [5.74, 6) is 0.339. The second kappa shape index (κ2) is 4.85. The molecule has 0 saturated carbocycles. The third-order valence-electron chi connectivity index (χ3n) is 2.87. The summed E-state index contributed by atoms with van der Waals surface area (Å²) in [4.78, 5) is 13.6. The number of benzene rings is 1. The smallest absolute Gasteiger partial charge is 0.228 e. The van der Waals surface area contributed by atoms with Gasteiger partial charge in [-0.3, -0.25) is 4.79 Å². The van der Waals surface area contributed by atoms with Crippen LogP contribution in [-0.4, -0.2) is 30.9 Å². The molecule has 0 spiro atoms. The van der Waals surface area contributed by atoms with E-state index in [4.69, 9.17) is 11.6 Å². The van der Waals surface area contributed by atoms with Gasteiger partial charge in [0.1, 0.15) is 0 Å². The van der Waals surface area contributed by atoms with Crippen LogP contribution in [0.25, 0.3) is 0 Å². The molecule has 1 amide bonds. The van der Waals surface area contributed by atoms with Gasteiger partial charge in [-0.25, -0.2) is 0 Å². The van der Waals surface area contributed by atoms with Gasteiger partial charge in [0.2, 0.25) is 5.91 Å². The van der Waals surface area contributed by atoms with Crippen molar-refractivity contribution in [3.63, 3.8) is 0 Å². The van der Waals surface area contributed by atoms with Crippen LogP contribution < -0.4 is 5.32 Å². The highest BCUT2D eigenvalue weighted by molar-refractivity contribution is 6.31. The predicted molar refractivity (Wildman–Crippen MR) is 64.3 cm³/mol. The number of amides is 1. The molecule has 0 aromatic heterocycles. The van der Waals surface area contributed by atoms with Crippen molar-refractivity contribution >= 4 is 17.5 Å². The average molecular weight is 239 g/mol. The van der Waals surface area contributed by atoms with Gasteiger partial charge < -0.3 is 10.2 Å². The summed E-state index contributed by atoms with van der Waals surface area (Å²) in [5.41, 5.74) is 0.993. The monoisotopic (exact) mass is 238 g/mol. The van der Waals surface area contributed by atoms with Crippen LogP contribution in [0.3, 0.4) is 0 Å². The third kappa shape index (κ3) is 2.36. The molecule has 4 heteroatoms. The lowest BCUT2D eigenvalue weighted by Crippen LogP contribution is -2.50. The highest BCUT2D eigenvalue weighted by Crippen LogP contribution is 2.17. The summed E-state index contributed by atoms with van der Waals surface area (Å²) >= 11 is 6.05. The molecule has 1 heterocycles. The zero-order valence-electron chi connectivity index (χ0n) is 9.24. The van der Waals surface area contributed by atoms with Crippen LogP contribution in [0.4, 0.5) is 0 Å². The van der Waals surface area contributed by atoms with E-state index in [2.05, 4.69) is 5.32 Å². The Morgan fingerprint density at radius 1 is 1.50 bits per heavy atom. The van der Waals surface area contributed by atoms with Crippen molar-refractivity contribution < 1.29 is 4.79 Å². The van der Waals surface area contributed by atoms with E-state index >= 15 is 0 Å². The molecule has 0 bridgehead atoms. The molecular weight excluding hydrogens is 224 g/mol. The lowest BCUT2D eigenvalue weighted by Gasteiger charge is -2.30. The van der Waals surface area contributed by atoms with Crippen LogP contribution >= 0.6 is 11.6 Å². The molecule has 3 nitrogen and oxygen atoms in total. The summed E-state index contributed by atoms with van der Waals surface area (Å²) < 4.78 is 0. The fourth-order valence-corrected chi connectivity index (χ4v) is 1.93. The molecule has 16 heavy (non-hydrogen) atoms. The Bertz CT molecular complexity index is 390. The van der Waals surface area contributed by atoms with E-state index in [1.807, 2.05) is 31.3 Å². The first-order valence-corrected chi connectivity index (χ1v) is 5.75. The second-order valence-corrected chi connectivity index (χ2v) is 4.55. The fourth-order valence-electron chi connectivity index (χ4n) is 1.74. The van der Waals surface area contributed by atoms with Crippen molar-refractivity contribution in [3.05, 3.63) is 34.9 Å². The molecule has 1 N–H and O–H groups in total. The summed E-state index contributed by atoms with van der Waals surface area (Å²) in [7, 11) is 1.82. The average Bonchev–Trinajstić information content (AvgIpc) is 2.18. The minimum absolute atomic E-state index is 0.146. The van der Waals surface area contributed by atoms with Gasteiger partial charge >= 0.3 is 0 Å². The first kappa shape index (κ1) is 11.4. The number of rotatable bonds is 3. The number of carbonyl (C=O) groups is 1. The molecule has 0 atom stereocenters. The standard InChI is InChI=1S/C12H15ClN2O/c1-15(12(16)10-6-14-7-10)8-9-4-2-3-5-11(9)13/h2-5,10,14H,6-8H2,1H3. The topological polar surface area (TPSA) is 32.3 Å². The normalized spacial score (nSPS) is 15.6. The Kier molecular flexibility index (Phi) is 3.46. The summed E-state index contributed by atoms with van der Waals surface area (Å²) in [6.07, 6.45) is 0. The van der Waals surface area contributed by atoms with Crippen LogP contribution in [-0.2, 0) is 11.3 Å². The van der Waals surface area contributed by atoms with E-state index in [9.17, 15) is 4.79 Å². The van der Waals surface area contributed by atoms with Crippen molar-refractivity contribution in [2.24, 2.45) is 5.92 Å². The molecule has 0 radical (unpaired) electrons. The van der Waals surface area contributed by atoms with E-state index in [1.165, 1.54) is 0 Å². The molecule has 0 aliphatic carbocycles. The van der Waals surface area contributed by atoms with E-state index in [1.54, 1.807) is 4.90 Å². The van der Waals surface area contributed by atoms with Crippen molar-refractivity contribution in [1.82, 2.24) is 10.2 Å². The molecule has 0 unspecified atom stereocenters. The van der Waals surface area contributed by atoms with Gasteiger partial charge in [-0.05, 0) is 11.6 Å². The molecule has 1 aliphatic rings. The van der Waals surface area contributed by atoms with Crippen molar-refractivity contribution in [2.45, 2.75) is 6.54 Å². The van der Waals surface area contributed by atoms with Crippen LogP contribution in [0.15, 0.2) is 24.3 Å². The van der Waals surface area contributed by atoms with Gasteiger partial charge in [-0.2, -0.15) is 0 Å². The molecule has 1 aliphatic heterocycles. The Labute approximate surface area is 100 Å². The van der Waals surface area contributed by atoms with Gasteiger partial charge in [-0.15, -0.1) is 0 Å². The predicted octanol–water partition coefficient (Wildman–Crippen LogP) is 1.52. The van der Waals surface area contributed by atoms with Crippen molar-refractivity contribution in [1.29, 1.82) is 0 Å². The molecule has 86 valence electrons. The Balaban J connectivity index is 1.98. The van der Waals surface area contributed by atoms with Crippen LogP contribution in [0.1, 0.15) is 5.56 Å². The van der Waals surface area contributed by atoms with Gasteiger partial charge in [0.15, 0.2) is 0 Å². The van der Waals surface area contributed by atoms with E-state index in [-0.39, 0.29) is 11.8 Å². The maximum absolute atomic E-state index is 11.9. The molecule has 2 rings (SSSR count). The number of nitrogens with zero attached hydrogens (tertiary/aromatic N) is 1. The molecule has 1 aromatic carbocycles. The minimum Gasteiger partial charge on any atom is -0.341 e. The third-order valence-corrected chi connectivity index (χ3v) is 3.24. The Morgan fingerprint density at radius 3 is 2.75 bits per heavy atom. The van der Waals surface area contributed by atoms with Gasteiger partial charge in [0.25, 0.3) is 0 Å². The fraction of sp³-hybridized carbons (Fsp3) is 0.417. The van der Waals surface area contributed by atoms with Crippen LogP contribution in [0.5, 0.6) is 0 Å². The van der Waals surface area contributed by atoms with Crippen molar-refractivity contribution in [2.75, 3.05) is 20.1 Å². The highest BCUT2D eigenvalue weighted by atomic mass is 35.5. The largest absolute Gasteiger partial charge is 0.341 e. The number of hydrogen-bond donors (Lipinski definition) is 1. The lowest BCUT2D eigenvalue weighted by molar-refractivity contribution is -0.136. The zero-order valence-corrected chi connectivity index (χ0v) is 10.00. The first-order chi connectivity index (χ1) is 7.68. The van der Waals surface area contributed by atoms with Gasteiger partial charge in [0.05, 0.1) is 5.92 Å². The summed E-state index contributed by atoms with van der Waals surface area (Å²) in [6.45, 7) is 2.17. The number of nitrogens with one attached hydrogen (secondary N) is 1. The SMILES string of the molecule is CN(Cc1ccccc1Cl)C(=O)C1CNC1. The van der Waals surface area contributed by atoms with Crippen LogP contribution in [0.2, 0.25) is 5.02 Å². The molecule has 1 fully saturated rings. The van der Waals surface area contributed by atoms with Gasteiger partial charge in [-0.1, -0.05) is 29.8 Å². The first-order valence-electron chi connectivity index (χ1n) is 5.37. The van der Waals surface area contributed by atoms with Gasteiger partial charge in [0, 0.05) is 31.7 Å². The maximum atomic E-state index is 11.9. The minimum atomic E-state index is 0.146. The van der Waals surface area contributed by atoms with Crippen LogP contribution in [0, 0.1) is 5.92 Å². The Hall–Kier alpha value is -1.06. The number of hydrogen-bond acceptors (Lipinski definition) is 2. The summed E-state index contributed by atoms with van der Waals surface area (Å²) in [6, 6.07) is 7.62. The lowest BCUT2D eigenvalue weighted by atomic mass is 10.0. The van der Waals surface area contributed by atoms with E-state index in [0.717, 1.165) is 18.7 Å². The quantitative estimate of drug-likeness (QED) is 0.866. The maximum Gasteiger partial charge on any atom is 0.228 e. The highest BCUT2D eigenvalue weighted by Gasteiger charge is 2.27. The molecule has 1 aromatic rings. The number of carbonyl (C=O) groups excluding carboxylic acids is 1. The Morgan fingerprint density at radius 2 is 2.19 bits per heavy atom.